The van der Waals surface area contributed by atoms with Gasteiger partial charge in [-0.1, -0.05) is 36.4 Å². The second-order valence-corrected chi connectivity index (χ2v) is 6.25. The van der Waals surface area contributed by atoms with Crippen LogP contribution in [0.15, 0.2) is 58.3 Å². The molecule has 20 heavy (non-hydrogen) atoms. The molecule has 0 bridgehead atoms. The largest absolute Gasteiger partial charge is 0.508 e. The number of piperidine rings is 1. The lowest BCUT2D eigenvalue weighted by atomic mass is 9.98. The van der Waals surface area contributed by atoms with E-state index in [4.69, 9.17) is 0 Å². The van der Waals surface area contributed by atoms with Crippen molar-refractivity contribution in [2.75, 3.05) is 6.54 Å². The van der Waals surface area contributed by atoms with Crippen molar-refractivity contribution in [3.8, 4) is 5.75 Å². The van der Waals surface area contributed by atoms with Gasteiger partial charge in [-0.15, -0.1) is 0 Å². The van der Waals surface area contributed by atoms with Gasteiger partial charge in [0.1, 0.15) is 5.75 Å². The molecule has 0 unspecified atom stereocenters. The molecule has 1 aliphatic rings. The number of aromatic hydroxyl groups is 1. The Hall–Kier alpha value is -1.45. The highest BCUT2D eigenvalue weighted by Gasteiger charge is 2.17. The van der Waals surface area contributed by atoms with E-state index in [1.54, 1.807) is 23.9 Å². The van der Waals surface area contributed by atoms with E-state index in [2.05, 4.69) is 29.6 Å². The lowest BCUT2D eigenvalue weighted by Crippen LogP contribution is -2.27. The zero-order chi connectivity index (χ0) is 13.8. The normalized spacial score (nSPS) is 18.9. The van der Waals surface area contributed by atoms with Crippen molar-refractivity contribution >= 4 is 11.8 Å². The van der Waals surface area contributed by atoms with Crippen molar-refractivity contribution in [2.45, 2.75) is 35.1 Å². The number of hydrogen-bond acceptors (Lipinski definition) is 3. The summed E-state index contributed by atoms with van der Waals surface area (Å²) in [6, 6.07) is 16.5. The van der Waals surface area contributed by atoms with Gasteiger partial charge in [-0.05, 0) is 55.3 Å². The third kappa shape index (κ3) is 3.17. The molecule has 0 aromatic heterocycles. The van der Waals surface area contributed by atoms with Gasteiger partial charge in [0.25, 0.3) is 0 Å². The first kappa shape index (κ1) is 13.5. The summed E-state index contributed by atoms with van der Waals surface area (Å²) in [5.74, 6) is 0.316. The molecule has 1 heterocycles. The van der Waals surface area contributed by atoms with Crippen molar-refractivity contribution in [3.63, 3.8) is 0 Å². The molecule has 2 aromatic rings. The maximum atomic E-state index is 9.36. The average Bonchev–Trinajstić information content (AvgIpc) is 2.51. The minimum Gasteiger partial charge on any atom is -0.508 e. The summed E-state index contributed by atoms with van der Waals surface area (Å²) < 4.78 is 0. The molecule has 2 aromatic carbocycles. The smallest absolute Gasteiger partial charge is 0.115 e. The average molecular weight is 285 g/mol. The first-order valence-corrected chi connectivity index (χ1v) is 7.94. The first-order valence-electron chi connectivity index (χ1n) is 7.12. The van der Waals surface area contributed by atoms with Crippen LogP contribution in [-0.2, 0) is 0 Å². The molecule has 2 N–H and O–H groups in total. The van der Waals surface area contributed by atoms with Crippen LogP contribution in [0.2, 0.25) is 0 Å². The van der Waals surface area contributed by atoms with E-state index in [-0.39, 0.29) is 0 Å². The number of hydrogen-bond donors (Lipinski definition) is 2. The fraction of sp³-hybridized carbons (Fsp3) is 0.294. The fourth-order valence-corrected chi connectivity index (χ4v) is 3.62. The molecule has 3 rings (SSSR count). The van der Waals surface area contributed by atoms with Gasteiger partial charge in [0.15, 0.2) is 0 Å². The summed E-state index contributed by atoms with van der Waals surface area (Å²) in [6.45, 7) is 1.11. The molecule has 2 nitrogen and oxygen atoms in total. The van der Waals surface area contributed by atoms with Gasteiger partial charge in [0, 0.05) is 15.8 Å². The van der Waals surface area contributed by atoms with Crippen LogP contribution < -0.4 is 5.32 Å². The molecular weight excluding hydrogens is 266 g/mol. The third-order valence-electron chi connectivity index (χ3n) is 3.67. The van der Waals surface area contributed by atoms with Gasteiger partial charge in [0.05, 0.1) is 0 Å². The van der Waals surface area contributed by atoms with Crippen LogP contribution >= 0.6 is 11.8 Å². The van der Waals surface area contributed by atoms with Crippen molar-refractivity contribution in [1.82, 2.24) is 5.32 Å². The zero-order valence-electron chi connectivity index (χ0n) is 11.4. The van der Waals surface area contributed by atoms with Crippen molar-refractivity contribution in [2.24, 2.45) is 0 Å². The summed E-state index contributed by atoms with van der Waals surface area (Å²) >= 11 is 1.77. The second-order valence-electron chi connectivity index (χ2n) is 5.14. The maximum absolute atomic E-state index is 9.36. The lowest BCUT2D eigenvalue weighted by molar-refractivity contribution is 0.408. The molecule has 0 aliphatic carbocycles. The number of phenolic OH excluding ortho intramolecular Hbond substituents is 1. The molecule has 1 fully saturated rings. The monoisotopic (exact) mass is 285 g/mol. The predicted octanol–water partition coefficient (Wildman–Crippen LogP) is 4.36. The van der Waals surface area contributed by atoms with E-state index >= 15 is 0 Å². The molecule has 1 aliphatic heterocycles. The van der Waals surface area contributed by atoms with Crippen LogP contribution in [0.25, 0.3) is 0 Å². The molecule has 1 saturated heterocycles. The summed E-state index contributed by atoms with van der Waals surface area (Å²) in [6.07, 6.45) is 3.80. The number of phenols is 1. The van der Waals surface area contributed by atoms with E-state index in [1.807, 2.05) is 12.1 Å². The third-order valence-corrected chi connectivity index (χ3v) is 4.77. The summed E-state index contributed by atoms with van der Waals surface area (Å²) in [5.41, 5.74) is 1.39. The molecule has 0 spiro atoms. The van der Waals surface area contributed by atoms with Gasteiger partial charge in [-0.25, -0.2) is 0 Å². The summed E-state index contributed by atoms with van der Waals surface area (Å²) in [5, 5.41) is 13.0. The lowest BCUT2D eigenvalue weighted by Gasteiger charge is -2.25. The van der Waals surface area contributed by atoms with Crippen molar-refractivity contribution in [3.05, 3.63) is 54.1 Å². The highest BCUT2D eigenvalue weighted by molar-refractivity contribution is 7.99. The molecule has 0 saturated carbocycles. The van der Waals surface area contributed by atoms with Gasteiger partial charge < -0.3 is 10.4 Å². The Bertz CT molecular complexity index is 561. The summed E-state index contributed by atoms with van der Waals surface area (Å²) in [4.78, 5) is 2.46. The van der Waals surface area contributed by atoms with Crippen LogP contribution in [0.1, 0.15) is 30.9 Å². The molecule has 0 radical (unpaired) electrons. The van der Waals surface area contributed by atoms with Crippen molar-refractivity contribution in [1.29, 1.82) is 0 Å². The molecule has 1 atom stereocenters. The second kappa shape index (κ2) is 6.33. The van der Waals surface area contributed by atoms with Gasteiger partial charge in [0.2, 0.25) is 0 Å². The minimum absolute atomic E-state index is 0.316. The van der Waals surface area contributed by atoms with Crippen LogP contribution in [-0.4, -0.2) is 11.7 Å². The highest BCUT2D eigenvalue weighted by Crippen LogP contribution is 2.36. The summed E-state index contributed by atoms with van der Waals surface area (Å²) in [7, 11) is 0. The Balaban J connectivity index is 1.83. The number of nitrogens with one attached hydrogen (secondary N) is 1. The van der Waals surface area contributed by atoms with E-state index < -0.39 is 0 Å². The van der Waals surface area contributed by atoms with Crippen molar-refractivity contribution < 1.29 is 5.11 Å². The standard InChI is InChI=1S/C17H19NOS/c19-13-8-10-14(11-9-13)20-17-7-2-1-5-15(17)16-6-3-4-12-18-16/h1-2,5,7-11,16,18-19H,3-4,6,12H2/t16-/m0/s1. The maximum Gasteiger partial charge on any atom is 0.115 e. The zero-order valence-corrected chi connectivity index (χ0v) is 12.2. The molecule has 3 heteroatoms. The topological polar surface area (TPSA) is 32.3 Å². The Morgan fingerprint density at radius 3 is 2.55 bits per heavy atom. The Kier molecular flexibility index (Phi) is 4.28. The first-order chi connectivity index (χ1) is 9.83. The van der Waals surface area contributed by atoms with Gasteiger partial charge >= 0.3 is 0 Å². The van der Waals surface area contributed by atoms with Crippen LogP contribution in [0.4, 0.5) is 0 Å². The van der Waals surface area contributed by atoms with E-state index in [0.717, 1.165) is 11.4 Å². The Labute approximate surface area is 124 Å². The van der Waals surface area contributed by atoms with E-state index in [0.29, 0.717) is 11.8 Å². The quantitative estimate of drug-likeness (QED) is 0.879. The number of benzene rings is 2. The molecule has 104 valence electrons. The van der Waals surface area contributed by atoms with Crippen LogP contribution in [0, 0.1) is 0 Å². The minimum atomic E-state index is 0.316. The Morgan fingerprint density at radius 1 is 1.00 bits per heavy atom. The highest BCUT2D eigenvalue weighted by atomic mass is 32.2. The van der Waals surface area contributed by atoms with E-state index in [1.165, 1.54) is 29.7 Å². The van der Waals surface area contributed by atoms with Crippen LogP contribution in [0.5, 0.6) is 5.75 Å². The molecule has 0 amide bonds. The SMILES string of the molecule is Oc1ccc(Sc2ccccc2[C@@H]2CCCCN2)cc1. The van der Waals surface area contributed by atoms with Crippen LogP contribution in [0.3, 0.4) is 0 Å². The fourth-order valence-electron chi connectivity index (χ4n) is 2.62. The van der Waals surface area contributed by atoms with Gasteiger partial charge in [-0.3, -0.25) is 0 Å². The van der Waals surface area contributed by atoms with E-state index in [9.17, 15) is 5.11 Å². The van der Waals surface area contributed by atoms with Gasteiger partial charge in [-0.2, -0.15) is 0 Å². The Morgan fingerprint density at radius 2 is 1.80 bits per heavy atom. The predicted molar refractivity (Wildman–Crippen MR) is 83.3 cm³/mol. The number of rotatable bonds is 3. The molecular formula is C17H19NOS.